The van der Waals surface area contributed by atoms with Crippen LogP contribution >= 0.6 is 15.9 Å². The van der Waals surface area contributed by atoms with Crippen LogP contribution < -0.4 is 5.32 Å². The smallest absolute Gasteiger partial charge is 0.330 e. The Labute approximate surface area is 149 Å². The van der Waals surface area contributed by atoms with Gasteiger partial charge in [0.05, 0.1) is 6.61 Å². The van der Waals surface area contributed by atoms with Crippen molar-refractivity contribution in [1.82, 2.24) is 4.98 Å². The summed E-state index contributed by atoms with van der Waals surface area (Å²) in [6, 6.07) is 9.42. The highest BCUT2D eigenvalue weighted by molar-refractivity contribution is 9.10. The van der Waals surface area contributed by atoms with Gasteiger partial charge in [-0.05, 0) is 45.8 Å². The molecule has 0 atom stereocenters. The van der Waals surface area contributed by atoms with E-state index in [0.717, 1.165) is 4.47 Å². The molecule has 0 bridgehead atoms. The zero-order chi connectivity index (χ0) is 18.4. The van der Waals surface area contributed by atoms with Crippen LogP contribution in [0.15, 0.2) is 47.1 Å². The summed E-state index contributed by atoms with van der Waals surface area (Å²) in [5.41, 5.74) is 1.05. The highest BCUT2D eigenvalue weighted by Gasteiger charge is 2.40. The number of carbonyl (C=O) groups is 1. The van der Waals surface area contributed by atoms with Gasteiger partial charge in [-0.15, -0.1) is 0 Å². The zero-order valence-corrected chi connectivity index (χ0v) is 14.3. The number of pyridine rings is 1. The van der Waals surface area contributed by atoms with Crippen molar-refractivity contribution in [2.24, 2.45) is 0 Å². The van der Waals surface area contributed by atoms with Crippen molar-refractivity contribution in [2.75, 3.05) is 11.9 Å². The monoisotopic (exact) mass is 420 g/mol. The SMILES string of the molecule is O=C(Nc1cccc(COCC(F)(F)C(F)F)c1)c1ccc(Br)cn1. The van der Waals surface area contributed by atoms with Gasteiger partial charge in [0.15, 0.2) is 0 Å². The second-order valence-corrected chi connectivity index (χ2v) is 5.99. The number of halogens is 5. The molecule has 0 radical (unpaired) electrons. The number of hydrogen-bond donors (Lipinski definition) is 1. The van der Waals surface area contributed by atoms with E-state index in [0.29, 0.717) is 11.3 Å². The second kappa shape index (κ2) is 8.39. The molecule has 0 aliphatic rings. The molecular formula is C16H13BrF4N2O2. The third kappa shape index (κ3) is 5.79. The van der Waals surface area contributed by atoms with Gasteiger partial charge in [0.1, 0.15) is 12.3 Å². The van der Waals surface area contributed by atoms with Crippen molar-refractivity contribution in [3.8, 4) is 0 Å². The number of carbonyl (C=O) groups excluding carboxylic acids is 1. The molecule has 0 aliphatic carbocycles. The van der Waals surface area contributed by atoms with Crippen LogP contribution in [0.5, 0.6) is 0 Å². The topological polar surface area (TPSA) is 51.2 Å². The minimum Gasteiger partial charge on any atom is -0.370 e. The number of nitrogens with zero attached hydrogens (tertiary/aromatic N) is 1. The summed E-state index contributed by atoms with van der Waals surface area (Å²) in [5.74, 6) is -4.64. The summed E-state index contributed by atoms with van der Waals surface area (Å²) in [5, 5.41) is 2.60. The number of aromatic nitrogens is 1. The molecule has 0 saturated carbocycles. The zero-order valence-electron chi connectivity index (χ0n) is 12.7. The van der Waals surface area contributed by atoms with E-state index in [-0.39, 0.29) is 12.3 Å². The summed E-state index contributed by atoms with van der Waals surface area (Å²) in [6.45, 7) is -1.67. The number of hydrogen-bond acceptors (Lipinski definition) is 3. The molecule has 1 aromatic heterocycles. The molecular weight excluding hydrogens is 408 g/mol. The molecule has 0 spiro atoms. The molecule has 1 aromatic carbocycles. The second-order valence-electron chi connectivity index (χ2n) is 5.07. The normalized spacial score (nSPS) is 11.6. The number of alkyl halides is 4. The summed E-state index contributed by atoms with van der Waals surface area (Å²) < 4.78 is 55.0. The molecule has 2 aromatic rings. The Balaban J connectivity index is 1.94. The van der Waals surface area contributed by atoms with Crippen molar-refractivity contribution >= 4 is 27.5 Å². The molecule has 25 heavy (non-hydrogen) atoms. The predicted molar refractivity (Wildman–Crippen MR) is 86.9 cm³/mol. The van der Waals surface area contributed by atoms with Crippen LogP contribution in [0.2, 0.25) is 0 Å². The van der Waals surface area contributed by atoms with Crippen molar-refractivity contribution in [1.29, 1.82) is 0 Å². The minimum absolute atomic E-state index is 0.196. The lowest BCUT2D eigenvalue weighted by Crippen LogP contribution is -2.32. The van der Waals surface area contributed by atoms with Crippen molar-refractivity contribution in [3.63, 3.8) is 0 Å². The molecule has 1 amide bonds. The fourth-order valence-corrected chi connectivity index (χ4v) is 2.05. The Morgan fingerprint density at radius 2 is 2.04 bits per heavy atom. The first-order valence-electron chi connectivity index (χ1n) is 7.03. The van der Waals surface area contributed by atoms with Crippen LogP contribution in [0.25, 0.3) is 0 Å². The van der Waals surface area contributed by atoms with E-state index in [1.807, 2.05) is 0 Å². The number of anilines is 1. The number of ether oxygens (including phenoxy) is 1. The molecule has 4 nitrogen and oxygen atoms in total. The minimum atomic E-state index is -4.20. The Morgan fingerprint density at radius 3 is 2.68 bits per heavy atom. The van der Waals surface area contributed by atoms with Gasteiger partial charge in [0, 0.05) is 16.4 Å². The third-order valence-electron chi connectivity index (χ3n) is 3.03. The maximum atomic E-state index is 12.8. The highest BCUT2D eigenvalue weighted by Crippen LogP contribution is 2.23. The first-order valence-corrected chi connectivity index (χ1v) is 7.83. The van der Waals surface area contributed by atoms with Crippen LogP contribution in [0.3, 0.4) is 0 Å². The van der Waals surface area contributed by atoms with Gasteiger partial charge in [0.25, 0.3) is 5.91 Å². The van der Waals surface area contributed by atoms with Crippen LogP contribution in [-0.2, 0) is 11.3 Å². The van der Waals surface area contributed by atoms with Gasteiger partial charge in [-0.3, -0.25) is 4.79 Å². The van der Waals surface area contributed by atoms with Gasteiger partial charge < -0.3 is 10.1 Å². The van der Waals surface area contributed by atoms with Crippen LogP contribution in [0.4, 0.5) is 23.2 Å². The fourth-order valence-electron chi connectivity index (χ4n) is 1.81. The number of amides is 1. The lowest BCUT2D eigenvalue weighted by Gasteiger charge is -2.15. The first-order chi connectivity index (χ1) is 11.8. The van der Waals surface area contributed by atoms with Crippen LogP contribution in [0, 0.1) is 0 Å². The summed E-state index contributed by atoms with van der Waals surface area (Å²) >= 11 is 3.21. The fraction of sp³-hybridized carbons (Fsp3) is 0.250. The quantitative estimate of drug-likeness (QED) is 0.670. The molecule has 1 heterocycles. The Hall–Kier alpha value is -2.00. The van der Waals surface area contributed by atoms with Gasteiger partial charge in [-0.2, -0.15) is 8.78 Å². The average Bonchev–Trinajstić information content (AvgIpc) is 2.55. The molecule has 1 N–H and O–H groups in total. The largest absolute Gasteiger partial charge is 0.370 e. The molecule has 134 valence electrons. The highest BCUT2D eigenvalue weighted by atomic mass is 79.9. The molecule has 0 aliphatic heterocycles. The van der Waals surface area contributed by atoms with Gasteiger partial charge in [0.2, 0.25) is 0 Å². The van der Waals surface area contributed by atoms with E-state index >= 15 is 0 Å². The van der Waals surface area contributed by atoms with E-state index in [2.05, 4.69) is 31.0 Å². The van der Waals surface area contributed by atoms with Crippen molar-refractivity contribution in [3.05, 3.63) is 58.3 Å². The third-order valence-corrected chi connectivity index (χ3v) is 3.50. The summed E-state index contributed by atoms with van der Waals surface area (Å²) in [6.07, 6.45) is -2.31. The van der Waals surface area contributed by atoms with Gasteiger partial charge >= 0.3 is 12.3 Å². The molecule has 0 unspecified atom stereocenters. The number of rotatable bonds is 7. The lowest BCUT2D eigenvalue weighted by atomic mass is 10.2. The Morgan fingerprint density at radius 1 is 1.28 bits per heavy atom. The van der Waals surface area contributed by atoms with Gasteiger partial charge in [-0.25, -0.2) is 13.8 Å². The average molecular weight is 421 g/mol. The van der Waals surface area contributed by atoms with Crippen molar-refractivity contribution in [2.45, 2.75) is 19.0 Å². The van der Waals surface area contributed by atoms with Crippen molar-refractivity contribution < 1.29 is 27.1 Å². The molecule has 2 rings (SSSR count). The van der Waals surface area contributed by atoms with E-state index in [9.17, 15) is 22.4 Å². The van der Waals surface area contributed by atoms with E-state index < -0.39 is 24.9 Å². The molecule has 0 saturated heterocycles. The maximum Gasteiger partial charge on any atom is 0.330 e. The lowest BCUT2D eigenvalue weighted by molar-refractivity contribution is -0.168. The summed E-state index contributed by atoms with van der Waals surface area (Å²) in [4.78, 5) is 16.0. The van der Waals surface area contributed by atoms with Gasteiger partial charge in [-0.1, -0.05) is 12.1 Å². The van der Waals surface area contributed by atoms with Crippen LogP contribution in [-0.4, -0.2) is 29.8 Å². The summed E-state index contributed by atoms with van der Waals surface area (Å²) in [7, 11) is 0. The Bertz CT molecular complexity index is 726. The van der Waals surface area contributed by atoms with Crippen LogP contribution in [0.1, 0.15) is 16.1 Å². The number of nitrogens with one attached hydrogen (secondary N) is 1. The van der Waals surface area contributed by atoms with E-state index in [1.54, 1.807) is 24.3 Å². The van der Waals surface area contributed by atoms with E-state index in [1.165, 1.54) is 18.3 Å². The molecule has 9 heteroatoms. The van der Waals surface area contributed by atoms with E-state index in [4.69, 9.17) is 0 Å². The first kappa shape index (κ1) is 19.3. The number of benzene rings is 1. The molecule has 0 fully saturated rings. The predicted octanol–water partition coefficient (Wildman–Crippen LogP) is 4.51. The maximum absolute atomic E-state index is 12.8. The standard InChI is InChI=1S/C16H13BrF4N2O2/c17-11-4-5-13(22-7-11)14(24)23-12-3-1-2-10(6-12)8-25-9-16(20,21)15(18)19/h1-7,15H,8-9H2,(H,23,24). The Kier molecular flexibility index (Phi) is 6.49.